The van der Waals surface area contributed by atoms with Crippen molar-refractivity contribution >= 4 is 12.0 Å². The molecule has 2 aromatic carbocycles. The molecule has 0 atom stereocenters. The van der Waals surface area contributed by atoms with E-state index in [9.17, 15) is 9.90 Å². The number of aryl methyl sites for hydroxylation is 1. The smallest absolute Gasteiger partial charge is 0.342 e. The third-order valence-electron chi connectivity index (χ3n) is 4.46. The number of allylic oxidation sites excluding steroid dienone is 3. The van der Waals surface area contributed by atoms with Crippen molar-refractivity contribution in [2.24, 2.45) is 0 Å². The average Bonchev–Trinajstić information content (AvgIpc) is 2.70. The summed E-state index contributed by atoms with van der Waals surface area (Å²) in [5.41, 5.74) is 3.68. The first kappa shape index (κ1) is 21.3. The van der Waals surface area contributed by atoms with E-state index in [4.69, 9.17) is 9.47 Å². The topological polar surface area (TPSA) is 55.8 Å². The van der Waals surface area contributed by atoms with Gasteiger partial charge in [0.25, 0.3) is 0 Å². The zero-order valence-corrected chi connectivity index (χ0v) is 17.0. The molecule has 148 valence electrons. The second-order valence-electron chi connectivity index (χ2n) is 6.77. The number of esters is 1. The van der Waals surface area contributed by atoms with E-state index in [1.165, 1.54) is 12.7 Å². The van der Waals surface area contributed by atoms with Crippen molar-refractivity contribution in [2.45, 2.75) is 33.1 Å². The zero-order chi connectivity index (χ0) is 20.5. The fourth-order valence-electron chi connectivity index (χ4n) is 2.94. The van der Waals surface area contributed by atoms with Crippen LogP contribution in [0.5, 0.6) is 11.5 Å². The molecule has 0 aliphatic carbocycles. The highest BCUT2D eigenvalue weighted by Crippen LogP contribution is 2.36. The minimum Gasteiger partial charge on any atom is -0.507 e. The van der Waals surface area contributed by atoms with Crippen molar-refractivity contribution in [3.8, 4) is 11.5 Å². The van der Waals surface area contributed by atoms with E-state index in [0.717, 1.165) is 18.4 Å². The van der Waals surface area contributed by atoms with Gasteiger partial charge in [-0.25, -0.2) is 4.79 Å². The summed E-state index contributed by atoms with van der Waals surface area (Å²) in [4.78, 5) is 12.3. The number of benzene rings is 2. The van der Waals surface area contributed by atoms with Gasteiger partial charge >= 0.3 is 5.97 Å². The Labute approximate surface area is 167 Å². The Morgan fingerprint density at radius 2 is 1.86 bits per heavy atom. The van der Waals surface area contributed by atoms with Crippen LogP contribution in [0.15, 0.2) is 54.1 Å². The van der Waals surface area contributed by atoms with Gasteiger partial charge in [-0.15, -0.1) is 0 Å². The summed E-state index contributed by atoms with van der Waals surface area (Å²) in [5.74, 6) is -0.113. The fraction of sp³-hybridized carbons (Fsp3) is 0.292. The second-order valence-corrected chi connectivity index (χ2v) is 6.77. The van der Waals surface area contributed by atoms with Gasteiger partial charge in [0.1, 0.15) is 17.1 Å². The van der Waals surface area contributed by atoms with Crippen LogP contribution in [0, 0.1) is 0 Å². The van der Waals surface area contributed by atoms with Crippen molar-refractivity contribution in [1.82, 2.24) is 0 Å². The van der Waals surface area contributed by atoms with Crippen LogP contribution >= 0.6 is 0 Å². The van der Waals surface area contributed by atoms with Crippen LogP contribution in [0.1, 0.15) is 47.3 Å². The van der Waals surface area contributed by atoms with Gasteiger partial charge in [-0.3, -0.25) is 0 Å². The maximum absolute atomic E-state index is 12.3. The summed E-state index contributed by atoms with van der Waals surface area (Å²) in [5, 5.41) is 10.8. The molecule has 4 nitrogen and oxygen atoms in total. The number of phenolic OH excluding ortho intramolecular Hbond substituents is 1. The molecule has 0 saturated carbocycles. The van der Waals surface area contributed by atoms with Gasteiger partial charge < -0.3 is 14.6 Å². The van der Waals surface area contributed by atoms with Crippen molar-refractivity contribution in [2.75, 3.05) is 14.2 Å². The number of carbonyl (C=O) groups excluding carboxylic acids is 1. The molecule has 0 fully saturated rings. The molecule has 0 bridgehead atoms. The molecule has 2 aromatic rings. The minimum atomic E-state index is -0.568. The van der Waals surface area contributed by atoms with Crippen LogP contribution in [0.3, 0.4) is 0 Å². The van der Waals surface area contributed by atoms with Crippen LogP contribution in [0.4, 0.5) is 0 Å². The van der Waals surface area contributed by atoms with Crippen molar-refractivity contribution in [3.05, 3.63) is 76.4 Å². The zero-order valence-electron chi connectivity index (χ0n) is 17.0. The quantitative estimate of drug-likeness (QED) is 0.496. The van der Waals surface area contributed by atoms with E-state index in [-0.39, 0.29) is 11.3 Å². The predicted molar refractivity (Wildman–Crippen MR) is 113 cm³/mol. The molecule has 0 aliphatic heterocycles. The van der Waals surface area contributed by atoms with Crippen molar-refractivity contribution < 1.29 is 19.4 Å². The van der Waals surface area contributed by atoms with E-state index in [2.05, 4.69) is 12.1 Å². The summed E-state index contributed by atoms with van der Waals surface area (Å²) in [6, 6.07) is 12.0. The van der Waals surface area contributed by atoms with Gasteiger partial charge in [-0.1, -0.05) is 54.1 Å². The van der Waals surface area contributed by atoms with E-state index in [0.29, 0.717) is 23.3 Å². The maximum Gasteiger partial charge on any atom is 0.342 e. The van der Waals surface area contributed by atoms with Crippen LogP contribution in [0.2, 0.25) is 0 Å². The van der Waals surface area contributed by atoms with Crippen molar-refractivity contribution in [3.63, 3.8) is 0 Å². The molecule has 4 heteroatoms. The van der Waals surface area contributed by atoms with Crippen LogP contribution < -0.4 is 4.74 Å². The summed E-state index contributed by atoms with van der Waals surface area (Å²) in [6.45, 7) is 3.96. The molecule has 0 aromatic heterocycles. The van der Waals surface area contributed by atoms with Crippen LogP contribution in [-0.2, 0) is 17.6 Å². The number of ether oxygens (including phenoxy) is 2. The maximum atomic E-state index is 12.3. The number of carbonyl (C=O) groups is 1. The molecule has 0 radical (unpaired) electrons. The first-order valence-electron chi connectivity index (χ1n) is 9.32. The molecule has 1 N–H and O–H groups in total. The monoisotopic (exact) mass is 380 g/mol. The lowest BCUT2D eigenvalue weighted by Crippen LogP contribution is -2.07. The third-order valence-corrected chi connectivity index (χ3v) is 4.46. The standard InChI is InChI=1S/C24H28O4/c1-17(2)14-15-20-21(27-3)16-19(22(23(20)25)24(26)28-4)13-9-8-12-18-10-6-5-7-11-18/h5-7,9-11,13-14,16,25H,8,12,15H2,1-4H3. The van der Waals surface area contributed by atoms with Gasteiger partial charge in [-0.05, 0) is 50.3 Å². The number of hydrogen-bond acceptors (Lipinski definition) is 4. The van der Waals surface area contributed by atoms with Gasteiger partial charge in [-0.2, -0.15) is 0 Å². The number of hydrogen-bond donors (Lipinski definition) is 1. The van der Waals surface area contributed by atoms with E-state index in [1.807, 2.05) is 50.3 Å². The highest BCUT2D eigenvalue weighted by atomic mass is 16.5. The average molecular weight is 380 g/mol. The molecule has 0 saturated heterocycles. The molecule has 0 amide bonds. The molecule has 2 rings (SSSR count). The first-order chi connectivity index (χ1) is 13.5. The molecular weight excluding hydrogens is 352 g/mol. The fourth-order valence-corrected chi connectivity index (χ4v) is 2.94. The Kier molecular flexibility index (Phi) is 7.88. The SMILES string of the molecule is COC(=O)c1c(C=CCCc2ccccc2)cc(OC)c(CC=C(C)C)c1O. The molecular formula is C24H28O4. The third kappa shape index (κ3) is 5.49. The van der Waals surface area contributed by atoms with E-state index >= 15 is 0 Å². The summed E-state index contributed by atoms with van der Waals surface area (Å²) < 4.78 is 10.4. The molecule has 0 heterocycles. The lowest BCUT2D eigenvalue weighted by molar-refractivity contribution is 0.0597. The van der Waals surface area contributed by atoms with E-state index < -0.39 is 5.97 Å². The summed E-state index contributed by atoms with van der Waals surface area (Å²) in [7, 11) is 2.87. The van der Waals surface area contributed by atoms with Gasteiger partial charge in [0.2, 0.25) is 0 Å². The van der Waals surface area contributed by atoms with Gasteiger partial charge in [0.15, 0.2) is 0 Å². The Morgan fingerprint density at radius 3 is 2.46 bits per heavy atom. The summed E-state index contributed by atoms with van der Waals surface area (Å²) in [6.07, 6.45) is 7.98. The largest absolute Gasteiger partial charge is 0.507 e. The Bertz CT molecular complexity index is 860. The number of methoxy groups -OCH3 is 2. The lowest BCUT2D eigenvalue weighted by Gasteiger charge is -2.15. The highest BCUT2D eigenvalue weighted by molar-refractivity contribution is 5.97. The van der Waals surface area contributed by atoms with Gasteiger partial charge in [0, 0.05) is 5.56 Å². The molecule has 28 heavy (non-hydrogen) atoms. The van der Waals surface area contributed by atoms with Crippen LogP contribution in [0.25, 0.3) is 6.08 Å². The highest BCUT2D eigenvalue weighted by Gasteiger charge is 2.22. The van der Waals surface area contributed by atoms with E-state index in [1.54, 1.807) is 13.2 Å². The number of phenols is 1. The Hall–Kier alpha value is -3.01. The lowest BCUT2D eigenvalue weighted by atomic mass is 9.97. The first-order valence-corrected chi connectivity index (χ1v) is 9.32. The molecule has 0 aliphatic rings. The van der Waals surface area contributed by atoms with Crippen LogP contribution in [-0.4, -0.2) is 25.3 Å². The number of rotatable bonds is 8. The van der Waals surface area contributed by atoms with Gasteiger partial charge in [0.05, 0.1) is 14.2 Å². The molecule has 0 unspecified atom stereocenters. The number of aromatic hydroxyl groups is 1. The predicted octanol–water partition coefficient (Wildman–Crippen LogP) is 5.34. The summed E-state index contributed by atoms with van der Waals surface area (Å²) >= 11 is 0. The normalized spacial score (nSPS) is 10.7. The minimum absolute atomic E-state index is 0.0913. The van der Waals surface area contributed by atoms with Crippen molar-refractivity contribution in [1.29, 1.82) is 0 Å². The molecule has 0 spiro atoms. The Balaban J connectivity index is 2.35. The second kappa shape index (κ2) is 10.4. The Morgan fingerprint density at radius 1 is 1.14 bits per heavy atom.